The van der Waals surface area contributed by atoms with Crippen LogP contribution in [0.3, 0.4) is 0 Å². The Kier molecular flexibility index (Phi) is 8.26. The summed E-state index contributed by atoms with van der Waals surface area (Å²) >= 11 is 0. The van der Waals surface area contributed by atoms with E-state index in [1.807, 2.05) is 4.90 Å². The van der Waals surface area contributed by atoms with Crippen LogP contribution in [0.25, 0.3) is 0 Å². The second-order valence-electron chi connectivity index (χ2n) is 9.72. The van der Waals surface area contributed by atoms with Gasteiger partial charge < -0.3 is 14.5 Å². The third-order valence-electron chi connectivity index (χ3n) is 6.90. The molecule has 3 fully saturated rings. The molecule has 1 aliphatic carbocycles. The van der Waals surface area contributed by atoms with E-state index in [4.69, 9.17) is 4.74 Å². The van der Waals surface area contributed by atoms with Gasteiger partial charge in [-0.25, -0.2) is 0 Å². The number of hydrogen-bond acceptors (Lipinski definition) is 4. The van der Waals surface area contributed by atoms with Gasteiger partial charge in [0.15, 0.2) is 0 Å². The standard InChI is InChI=1S/C26H41N3O2/c1-2-13-28(20-22-9-10-22)21-23-19-24(29-17-6-8-26(29)30)11-12-25(23)31-18-7-16-27-14-4-3-5-15-27/h11-12,19,22H,2-10,13-18,20-21H2,1H3. The van der Waals surface area contributed by atoms with Crippen LogP contribution >= 0.6 is 0 Å². The van der Waals surface area contributed by atoms with E-state index in [-0.39, 0.29) is 5.91 Å². The summed E-state index contributed by atoms with van der Waals surface area (Å²) in [6.45, 7) is 10.7. The van der Waals surface area contributed by atoms with Crippen LogP contribution in [0.4, 0.5) is 5.69 Å². The molecule has 31 heavy (non-hydrogen) atoms. The maximum atomic E-state index is 12.3. The molecule has 1 saturated carbocycles. The fourth-order valence-corrected chi connectivity index (χ4v) is 5.03. The van der Waals surface area contributed by atoms with Crippen molar-refractivity contribution in [2.45, 2.75) is 71.3 Å². The second kappa shape index (κ2) is 11.3. The number of likely N-dealkylation sites (tertiary alicyclic amines) is 1. The Morgan fingerprint density at radius 3 is 2.65 bits per heavy atom. The van der Waals surface area contributed by atoms with Gasteiger partial charge in [0.25, 0.3) is 0 Å². The molecule has 4 rings (SSSR count). The SMILES string of the molecule is CCCN(Cc1cc(N2CCCC2=O)ccc1OCCCN1CCCCC1)CC1CC1. The van der Waals surface area contributed by atoms with Crippen molar-refractivity contribution in [1.29, 1.82) is 0 Å². The molecule has 1 aromatic carbocycles. The third kappa shape index (κ3) is 6.69. The molecule has 0 N–H and O–H groups in total. The average Bonchev–Trinajstić information content (AvgIpc) is 3.50. The van der Waals surface area contributed by atoms with Crippen LogP contribution in [0.15, 0.2) is 18.2 Å². The van der Waals surface area contributed by atoms with Crippen LogP contribution in [0, 0.1) is 5.92 Å². The molecule has 0 bridgehead atoms. The van der Waals surface area contributed by atoms with Gasteiger partial charge in [-0.15, -0.1) is 0 Å². The van der Waals surface area contributed by atoms with Crippen LogP contribution in [-0.4, -0.2) is 61.6 Å². The molecule has 2 heterocycles. The first-order valence-corrected chi connectivity index (χ1v) is 12.7. The zero-order valence-corrected chi connectivity index (χ0v) is 19.5. The molecule has 172 valence electrons. The van der Waals surface area contributed by atoms with E-state index in [0.29, 0.717) is 6.42 Å². The predicted octanol–water partition coefficient (Wildman–Crippen LogP) is 4.69. The van der Waals surface area contributed by atoms with Crippen molar-refractivity contribution in [2.75, 3.05) is 50.8 Å². The Morgan fingerprint density at radius 1 is 1.10 bits per heavy atom. The molecule has 0 spiro atoms. The molecule has 5 nitrogen and oxygen atoms in total. The van der Waals surface area contributed by atoms with E-state index in [2.05, 4.69) is 34.9 Å². The number of ether oxygens (including phenoxy) is 1. The zero-order chi connectivity index (χ0) is 21.5. The summed E-state index contributed by atoms with van der Waals surface area (Å²) < 4.78 is 6.32. The maximum Gasteiger partial charge on any atom is 0.227 e. The van der Waals surface area contributed by atoms with E-state index in [0.717, 1.165) is 63.0 Å². The lowest BCUT2D eigenvalue weighted by Crippen LogP contribution is -2.31. The van der Waals surface area contributed by atoms with Crippen molar-refractivity contribution in [2.24, 2.45) is 5.92 Å². The summed E-state index contributed by atoms with van der Waals surface area (Å²) in [5.74, 6) is 2.14. The molecule has 1 amide bonds. The minimum atomic E-state index is 0.254. The van der Waals surface area contributed by atoms with Crippen molar-refractivity contribution in [3.8, 4) is 5.75 Å². The van der Waals surface area contributed by atoms with Crippen molar-refractivity contribution in [3.05, 3.63) is 23.8 Å². The average molecular weight is 428 g/mol. The lowest BCUT2D eigenvalue weighted by molar-refractivity contribution is -0.117. The Balaban J connectivity index is 1.41. The highest BCUT2D eigenvalue weighted by Crippen LogP contribution is 2.33. The van der Waals surface area contributed by atoms with Gasteiger partial charge >= 0.3 is 0 Å². The van der Waals surface area contributed by atoms with Crippen molar-refractivity contribution < 1.29 is 9.53 Å². The van der Waals surface area contributed by atoms with E-state index >= 15 is 0 Å². The first-order chi connectivity index (χ1) is 15.2. The molecule has 2 aliphatic heterocycles. The molecule has 2 saturated heterocycles. The van der Waals surface area contributed by atoms with Crippen molar-refractivity contribution >= 4 is 11.6 Å². The molecule has 3 aliphatic rings. The minimum Gasteiger partial charge on any atom is -0.493 e. The Hall–Kier alpha value is -1.59. The van der Waals surface area contributed by atoms with Crippen molar-refractivity contribution in [1.82, 2.24) is 9.80 Å². The van der Waals surface area contributed by atoms with Gasteiger partial charge in [-0.3, -0.25) is 9.69 Å². The molecular weight excluding hydrogens is 386 g/mol. The monoisotopic (exact) mass is 427 g/mol. The van der Waals surface area contributed by atoms with Gasteiger partial charge in [-0.2, -0.15) is 0 Å². The van der Waals surface area contributed by atoms with Gasteiger partial charge in [0.05, 0.1) is 6.61 Å². The van der Waals surface area contributed by atoms with Gasteiger partial charge in [-0.05, 0) is 88.7 Å². The number of piperidine rings is 1. The van der Waals surface area contributed by atoms with Crippen LogP contribution < -0.4 is 9.64 Å². The first kappa shape index (κ1) is 22.6. The molecule has 0 unspecified atom stereocenters. The number of amides is 1. The Bertz CT molecular complexity index is 713. The van der Waals surface area contributed by atoms with Crippen LogP contribution in [-0.2, 0) is 11.3 Å². The summed E-state index contributed by atoms with van der Waals surface area (Å²) in [7, 11) is 0. The fourth-order valence-electron chi connectivity index (χ4n) is 5.03. The molecule has 0 aromatic heterocycles. The van der Waals surface area contributed by atoms with E-state index in [1.54, 1.807) is 0 Å². The highest BCUT2D eigenvalue weighted by atomic mass is 16.5. The highest BCUT2D eigenvalue weighted by molar-refractivity contribution is 5.95. The van der Waals surface area contributed by atoms with Gasteiger partial charge in [0.1, 0.15) is 5.75 Å². The Morgan fingerprint density at radius 2 is 1.94 bits per heavy atom. The lowest BCUT2D eigenvalue weighted by Gasteiger charge is -2.27. The van der Waals surface area contributed by atoms with Crippen molar-refractivity contribution in [3.63, 3.8) is 0 Å². The number of carbonyl (C=O) groups excluding carboxylic acids is 1. The molecule has 0 atom stereocenters. The second-order valence-corrected chi connectivity index (χ2v) is 9.72. The van der Waals surface area contributed by atoms with Crippen LogP contribution in [0.5, 0.6) is 5.75 Å². The topological polar surface area (TPSA) is 36.0 Å². The van der Waals surface area contributed by atoms with Crippen LogP contribution in [0.1, 0.15) is 70.3 Å². The summed E-state index contributed by atoms with van der Waals surface area (Å²) in [6, 6.07) is 6.41. The molecule has 5 heteroatoms. The number of carbonyl (C=O) groups is 1. The number of anilines is 1. The fraction of sp³-hybridized carbons (Fsp3) is 0.731. The smallest absolute Gasteiger partial charge is 0.227 e. The third-order valence-corrected chi connectivity index (χ3v) is 6.90. The number of benzene rings is 1. The molecular formula is C26H41N3O2. The molecule has 0 radical (unpaired) electrons. The van der Waals surface area contributed by atoms with Crippen LogP contribution in [0.2, 0.25) is 0 Å². The number of nitrogens with zero attached hydrogens (tertiary/aromatic N) is 3. The van der Waals surface area contributed by atoms with Gasteiger partial charge in [0.2, 0.25) is 5.91 Å². The largest absolute Gasteiger partial charge is 0.493 e. The van der Waals surface area contributed by atoms with Gasteiger partial charge in [-0.1, -0.05) is 13.3 Å². The minimum absolute atomic E-state index is 0.254. The molecule has 1 aromatic rings. The summed E-state index contributed by atoms with van der Waals surface area (Å²) in [4.78, 5) is 19.4. The van der Waals surface area contributed by atoms with E-state index in [9.17, 15) is 4.79 Å². The van der Waals surface area contributed by atoms with E-state index < -0.39 is 0 Å². The first-order valence-electron chi connectivity index (χ1n) is 12.7. The summed E-state index contributed by atoms with van der Waals surface area (Å²) in [5.41, 5.74) is 2.28. The zero-order valence-electron chi connectivity index (χ0n) is 19.5. The number of rotatable bonds is 12. The quantitative estimate of drug-likeness (QED) is 0.454. The maximum absolute atomic E-state index is 12.3. The normalized spacial score (nSPS) is 20.1. The summed E-state index contributed by atoms with van der Waals surface area (Å²) in [6.07, 6.45) is 10.7. The Labute approximate surface area is 188 Å². The number of hydrogen-bond donors (Lipinski definition) is 0. The summed E-state index contributed by atoms with van der Waals surface area (Å²) in [5, 5.41) is 0. The lowest BCUT2D eigenvalue weighted by atomic mass is 10.1. The van der Waals surface area contributed by atoms with Gasteiger partial charge in [0, 0.05) is 43.9 Å². The van der Waals surface area contributed by atoms with E-state index in [1.165, 1.54) is 63.7 Å². The predicted molar refractivity (Wildman–Crippen MR) is 127 cm³/mol. The highest BCUT2D eigenvalue weighted by Gasteiger charge is 2.26.